The fraction of sp³-hybridized carbons (Fsp3) is 0.562. The van der Waals surface area contributed by atoms with Crippen molar-refractivity contribution in [1.82, 2.24) is 5.32 Å². The molecule has 2 N–H and O–H groups in total. The average molecular weight is 261 g/mol. The predicted octanol–water partition coefficient (Wildman–Crippen LogP) is 2.66. The summed E-state index contributed by atoms with van der Waals surface area (Å²) >= 11 is 0. The molecule has 0 heterocycles. The third-order valence-corrected chi connectivity index (χ3v) is 4.01. The first-order valence-electron chi connectivity index (χ1n) is 7.17. The van der Waals surface area contributed by atoms with Crippen LogP contribution in [-0.2, 0) is 4.79 Å². The van der Waals surface area contributed by atoms with Crippen molar-refractivity contribution >= 4 is 5.91 Å². The second-order valence-corrected chi connectivity index (χ2v) is 5.62. The van der Waals surface area contributed by atoms with Crippen LogP contribution in [0.4, 0.5) is 0 Å². The summed E-state index contributed by atoms with van der Waals surface area (Å²) in [6.07, 6.45) is 4.31. The molecular formula is C16H23NO2. The number of aliphatic hydroxyl groups excluding tert-OH is 1. The Morgan fingerprint density at radius 2 is 2.11 bits per heavy atom. The van der Waals surface area contributed by atoms with E-state index in [-0.39, 0.29) is 24.5 Å². The second kappa shape index (κ2) is 6.71. The highest BCUT2D eigenvalue weighted by molar-refractivity contribution is 5.79. The summed E-state index contributed by atoms with van der Waals surface area (Å²) in [5.74, 6) is 0.838. The Balaban J connectivity index is 1.96. The van der Waals surface area contributed by atoms with Gasteiger partial charge in [0.2, 0.25) is 5.91 Å². The lowest BCUT2D eigenvalue weighted by Crippen LogP contribution is -2.37. The van der Waals surface area contributed by atoms with Crippen LogP contribution in [0.2, 0.25) is 0 Å². The Hall–Kier alpha value is -1.35. The van der Waals surface area contributed by atoms with E-state index in [2.05, 4.69) is 12.2 Å². The first-order chi connectivity index (χ1) is 9.20. The van der Waals surface area contributed by atoms with E-state index in [1.807, 2.05) is 30.3 Å². The van der Waals surface area contributed by atoms with E-state index in [0.717, 1.165) is 24.8 Å². The molecule has 1 aliphatic carbocycles. The van der Waals surface area contributed by atoms with Crippen LogP contribution in [0.3, 0.4) is 0 Å². The van der Waals surface area contributed by atoms with E-state index >= 15 is 0 Å². The summed E-state index contributed by atoms with van der Waals surface area (Å²) in [6, 6.07) is 9.36. The van der Waals surface area contributed by atoms with Crippen molar-refractivity contribution in [2.75, 3.05) is 6.61 Å². The molecule has 0 radical (unpaired) electrons. The lowest BCUT2D eigenvalue weighted by Gasteiger charge is -2.27. The quantitative estimate of drug-likeness (QED) is 0.875. The van der Waals surface area contributed by atoms with Gasteiger partial charge in [-0.25, -0.2) is 0 Å². The molecule has 1 aliphatic rings. The highest BCUT2D eigenvalue weighted by Gasteiger charge is 2.26. The highest BCUT2D eigenvalue weighted by atomic mass is 16.3. The van der Waals surface area contributed by atoms with Crippen LogP contribution in [0.25, 0.3) is 0 Å². The molecule has 1 saturated carbocycles. The molecule has 19 heavy (non-hydrogen) atoms. The van der Waals surface area contributed by atoms with Crippen LogP contribution >= 0.6 is 0 Å². The standard InChI is InChI=1S/C16H23NO2/c1-12-6-5-9-14(10-12)16(19)17-15(11-18)13-7-3-2-4-8-13/h2-4,7-8,12,14-15,18H,5-6,9-11H2,1H3,(H,17,19)/t12-,14+,15+/m1/s1. The summed E-state index contributed by atoms with van der Waals surface area (Å²) in [7, 11) is 0. The van der Waals surface area contributed by atoms with Gasteiger partial charge in [0.15, 0.2) is 0 Å². The van der Waals surface area contributed by atoms with Gasteiger partial charge in [-0.2, -0.15) is 0 Å². The zero-order valence-electron chi connectivity index (χ0n) is 11.5. The number of nitrogens with one attached hydrogen (secondary N) is 1. The normalized spacial score (nSPS) is 24.7. The van der Waals surface area contributed by atoms with Crippen molar-refractivity contribution in [2.45, 2.75) is 38.6 Å². The first-order valence-corrected chi connectivity index (χ1v) is 7.17. The zero-order valence-corrected chi connectivity index (χ0v) is 11.5. The molecule has 0 unspecified atom stereocenters. The van der Waals surface area contributed by atoms with Crippen LogP contribution in [-0.4, -0.2) is 17.6 Å². The fourth-order valence-corrected chi connectivity index (χ4v) is 2.88. The zero-order chi connectivity index (χ0) is 13.7. The molecule has 1 aromatic carbocycles. The summed E-state index contributed by atoms with van der Waals surface area (Å²) in [5.41, 5.74) is 0.960. The first kappa shape index (κ1) is 14.1. The van der Waals surface area contributed by atoms with Crippen LogP contribution in [0.15, 0.2) is 30.3 Å². The molecule has 3 heteroatoms. The molecular weight excluding hydrogens is 238 g/mol. The van der Waals surface area contributed by atoms with Gasteiger partial charge >= 0.3 is 0 Å². The van der Waals surface area contributed by atoms with E-state index in [0.29, 0.717) is 5.92 Å². The number of hydrogen-bond acceptors (Lipinski definition) is 2. The molecule has 0 spiro atoms. The average Bonchev–Trinajstić information content (AvgIpc) is 2.45. The summed E-state index contributed by atoms with van der Waals surface area (Å²) < 4.78 is 0. The van der Waals surface area contributed by atoms with Crippen molar-refractivity contribution in [3.05, 3.63) is 35.9 Å². The van der Waals surface area contributed by atoms with Gasteiger partial charge in [-0.1, -0.05) is 50.1 Å². The Morgan fingerprint density at radius 3 is 2.74 bits per heavy atom. The topological polar surface area (TPSA) is 49.3 Å². The van der Waals surface area contributed by atoms with Gasteiger partial charge in [-0.05, 0) is 24.3 Å². The van der Waals surface area contributed by atoms with Crippen LogP contribution in [0, 0.1) is 11.8 Å². The molecule has 3 atom stereocenters. The fourth-order valence-electron chi connectivity index (χ4n) is 2.88. The number of rotatable bonds is 4. The number of carbonyl (C=O) groups excluding carboxylic acids is 1. The van der Waals surface area contributed by atoms with Gasteiger partial charge in [0, 0.05) is 5.92 Å². The van der Waals surface area contributed by atoms with E-state index < -0.39 is 0 Å². The summed E-state index contributed by atoms with van der Waals surface area (Å²) in [6.45, 7) is 2.15. The molecule has 1 aromatic rings. The number of hydrogen-bond donors (Lipinski definition) is 2. The van der Waals surface area contributed by atoms with Crippen molar-refractivity contribution in [3.63, 3.8) is 0 Å². The van der Waals surface area contributed by atoms with Crippen LogP contribution in [0.1, 0.15) is 44.2 Å². The molecule has 1 amide bonds. The minimum Gasteiger partial charge on any atom is -0.394 e. The van der Waals surface area contributed by atoms with Crippen molar-refractivity contribution in [1.29, 1.82) is 0 Å². The maximum Gasteiger partial charge on any atom is 0.223 e. The number of amides is 1. The predicted molar refractivity (Wildman–Crippen MR) is 75.5 cm³/mol. The Morgan fingerprint density at radius 1 is 1.37 bits per heavy atom. The minimum atomic E-state index is -0.286. The lowest BCUT2D eigenvalue weighted by molar-refractivity contribution is -0.127. The summed E-state index contributed by atoms with van der Waals surface area (Å²) in [4.78, 5) is 12.3. The Labute approximate surface area is 115 Å². The summed E-state index contributed by atoms with van der Waals surface area (Å²) in [5, 5.41) is 12.4. The number of carbonyl (C=O) groups is 1. The molecule has 2 rings (SSSR count). The van der Waals surface area contributed by atoms with E-state index in [9.17, 15) is 9.90 Å². The highest BCUT2D eigenvalue weighted by Crippen LogP contribution is 2.29. The molecule has 3 nitrogen and oxygen atoms in total. The number of aliphatic hydroxyl groups is 1. The second-order valence-electron chi connectivity index (χ2n) is 5.62. The monoisotopic (exact) mass is 261 g/mol. The van der Waals surface area contributed by atoms with Gasteiger partial charge in [-0.3, -0.25) is 4.79 Å². The van der Waals surface area contributed by atoms with E-state index in [1.165, 1.54) is 6.42 Å². The Kier molecular flexibility index (Phi) is 4.97. The van der Waals surface area contributed by atoms with Gasteiger partial charge in [0.1, 0.15) is 0 Å². The van der Waals surface area contributed by atoms with Gasteiger partial charge in [0.05, 0.1) is 12.6 Å². The third-order valence-electron chi connectivity index (χ3n) is 4.01. The third kappa shape index (κ3) is 3.80. The Bertz CT molecular complexity index is 404. The molecule has 104 valence electrons. The van der Waals surface area contributed by atoms with E-state index in [4.69, 9.17) is 0 Å². The van der Waals surface area contributed by atoms with Gasteiger partial charge < -0.3 is 10.4 Å². The maximum atomic E-state index is 12.3. The van der Waals surface area contributed by atoms with Crippen LogP contribution in [0.5, 0.6) is 0 Å². The molecule has 0 aliphatic heterocycles. The smallest absolute Gasteiger partial charge is 0.223 e. The number of benzene rings is 1. The minimum absolute atomic E-state index is 0.0575. The molecule has 0 aromatic heterocycles. The van der Waals surface area contributed by atoms with Crippen molar-refractivity contribution in [2.24, 2.45) is 11.8 Å². The van der Waals surface area contributed by atoms with Gasteiger partial charge in [0.25, 0.3) is 0 Å². The van der Waals surface area contributed by atoms with Gasteiger partial charge in [-0.15, -0.1) is 0 Å². The van der Waals surface area contributed by atoms with Crippen molar-refractivity contribution < 1.29 is 9.90 Å². The SMILES string of the molecule is C[C@@H]1CCC[C@H](C(=O)N[C@@H](CO)c2ccccc2)C1. The molecule has 0 bridgehead atoms. The lowest BCUT2D eigenvalue weighted by atomic mass is 9.82. The molecule has 1 fully saturated rings. The van der Waals surface area contributed by atoms with E-state index in [1.54, 1.807) is 0 Å². The maximum absolute atomic E-state index is 12.3. The molecule has 0 saturated heterocycles. The van der Waals surface area contributed by atoms with Crippen LogP contribution < -0.4 is 5.32 Å². The van der Waals surface area contributed by atoms with Crippen molar-refractivity contribution in [3.8, 4) is 0 Å². The largest absolute Gasteiger partial charge is 0.394 e.